The third-order valence-electron chi connectivity index (χ3n) is 5.23. The minimum absolute atomic E-state index is 0.0350. The average molecular weight is 363 g/mol. The Kier molecular flexibility index (Phi) is 5.12. The summed E-state index contributed by atoms with van der Waals surface area (Å²) in [4.78, 5) is 14.0. The molecule has 0 saturated carbocycles. The summed E-state index contributed by atoms with van der Waals surface area (Å²) in [6.07, 6.45) is 8.49. The number of likely N-dealkylation sites (tertiary alicyclic amines) is 1. The number of allylic oxidation sites excluding steroid dienone is 1. The molecule has 1 spiro atoms. The van der Waals surface area contributed by atoms with Crippen molar-refractivity contribution in [2.45, 2.75) is 51.7 Å². The Morgan fingerprint density at radius 2 is 1.96 bits per heavy atom. The van der Waals surface area contributed by atoms with Crippen LogP contribution < -0.4 is 0 Å². The molecule has 1 fully saturated rings. The van der Waals surface area contributed by atoms with Gasteiger partial charge in [-0.2, -0.15) is 5.10 Å². The van der Waals surface area contributed by atoms with Gasteiger partial charge in [-0.05, 0) is 57.1 Å². The molecular formula is C19H29N3O4. The minimum Gasteiger partial charge on any atom is -0.444 e. The fraction of sp³-hybridized carbons (Fsp3) is 0.684. The summed E-state index contributed by atoms with van der Waals surface area (Å²) in [6.45, 7) is 6.71. The molecule has 0 radical (unpaired) electrons. The number of amides is 1. The lowest BCUT2D eigenvalue weighted by Gasteiger charge is -2.41. The Hall–Kier alpha value is -1.86. The molecule has 2 aliphatic rings. The summed E-state index contributed by atoms with van der Waals surface area (Å²) in [7, 11) is 0. The number of hydrogen-bond donors (Lipinski definition) is 2. The first kappa shape index (κ1) is 18.9. The second kappa shape index (κ2) is 7.04. The molecule has 1 aromatic heterocycles. The molecule has 0 atom stereocenters. The maximum atomic E-state index is 12.3. The van der Waals surface area contributed by atoms with E-state index < -0.39 is 11.6 Å². The zero-order valence-electron chi connectivity index (χ0n) is 15.8. The molecular weight excluding hydrogens is 334 g/mol. The van der Waals surface area contributed by atoms with Gasteiger partial charge in [0.2, 0.25) is 0 Å². The molecule has 0 aromatic carbocycles. The van der Waals surface area contributed by atoms with Crippen molar-refractivity contribution in [3.05, 3.63) is 23.5 Å². The predicted octanol–water partition coefficient (Wildman–Crippen LogP) is 2.00. The highest BCUT2D eigenvalue weighted by Crippen LogP contribution is 2.41. The van der Waals surface area contributed by atoms with E-state index in [-0.39, 0.29) is 24.7 Å². The lowest BCUT2D eigenvalue weighted by molar-refractivity contribution is 0.0143. The van der Waals surface area contributed by atoms with Crippen molar-refractivity contribution < 1.29 is 19.7 Å². The monoisotopic (exact) mass is 363 g/mol. The van der Waals surface area contributed by atoms with Crippen molar-refractivity contribution in [1.29, 1.82) is 0 Å². The van der Waals surface area contributed by atoms with Gasteiger partial charge in [-0.1, -0.05) is 6.08 Å². The number of fused-ring (bicyclic) bond motifs is 1. The van der Waals surface area contributed by atoms with Crippen LogP contribution in [-0.4, -0.2) is 62.9 Å². The van der Waals surface area contributed by atoms with Crippen LogP contribution in [0, 0.1) is 5.41 Å². The SMILES string of the molecule is CC(C)(C)OC(=O)N1CCC2(C=Cc3c(cnn3C(CO)CO)C2)CC1. The van der Waals surface area contributed by atoms with E-state index in [9.17, 15) is 15.0 Å². The largest absolute Gasteiger partial charge is 0.444 e. The number of aliphatic hydroxyl groups excluding tert-OH is 2. The number of aromatic nitrogens is 2. The van der Waals surface area contributed by atoms with Crippen molar-refractivity contribution in [3.63, 3.8) is 0 Å². The van der Waals surface area contributed by atoms with Crippen LogP contribution in [0.15, 0.2) is 12.3 Å². The highest BCUT2D eigenvalue weighted by atomic mass is 16.6. The standard InChI is InChI=1S/C19H29N3O4/c1-18(2,3)26-17(25)21-8-6-19(7-9-21)5-4-16-14(10-19)11-20-22(16)15(12-23)13-24/h4-5,11,15,23-24H,6-10,12-13H2,1-3H3. The lowest BCUT2D eigenvalue weighted by Crippen LogP contribution is -2.45. The third-order valence-corrected chi connectivity index (χ3v) is 5.23. The average Bonchev–Trinajstić information content (AvgIpc) is 2.98. The molecule has 7 heteroatoms. The number of aliphatic hydroxyl groups is 2. The second-order valence-electron chi connectivity index (χ2n) is 8.36. The number of hydrogen-bond acceptors (Lipinski definition) is 5. The summed E-state index contributed by atoms with van der Waals surface area (Å²) in [6, 6.07) is -0.411. The predicted molar refractivity (Wildman–Crippen MR) is 97.6 cm³/mol. The Balaban J connectivity index is 1.67. The summed E-state index contributed by atoms with van der Waals surface area (Å²) in [5.41, 5.74) is 1.65. The molecule has 0 bridgehead atoms. The number of carbonyl (C=O) groups is 1. The van der Waals surface area contributed by atoms with Gasteiger partial charge < -0.3 is 19.8 Å². The van der Waals surface area contributed by atoms with Crippen molar-refractivity contribution in [2.24, 2.45) is 5.41 Å². The smallest absolute Gasteiger partial charge is 0.410 e. The van der Waals surface area contributed by atoms with E-state index in [1.165, 1.54) is 0 Å². The van der Waals surface area contributed by atoms with Crippen LogP contribution in [0.1, 0.15) is 50.9 Å². The Labute approximate surface area is 154 Å². The van der Waals surface area contributed by atoms with Crippen LogP contribution in [0.2, 0.25) is 0 Å². The van der Waals surface area contributed by atoms with E-state index in [4.69, 9.17) is 4.74 Å². The molecule has 2 N–H and O–H groups in total. The van der Waals surface area contributed by atoms with E-state index in [1.54, 1.807) is 9.58 Å². The number of piperidine rings is 1. The van der Waals surface area contributed by atoms with Crippen molar-refractivity contribution in [1.82, 2.24) is 14.7 Å². The first-order chi connectivity index (χ1) is 12.3. The van der Waals surface area contributed by atoms with Gasteiger partial charge in [0.15, 0.2) is 0 Å². The first-order valence-corrected chi connectivity index (χ1v) is 9.22. The van der Waals surface area contributed by atoms with Crippen LogP contribution >= 0.6 is 0 Å². The van der Waals surface area contributed by atoms with Gasteiger partial charge in [-0.3, -0.25) is 4.68 Å². The van der Waals surface area contributed by atoms with E-state index in [2.05, 4.69) is 11.2 Å². The maximum Gasteiger partial charge on any atom is 0.410 e. The number of ether oxygens (including phenoxy) is 1. The molecule has 1 aliphatic carbocycles. The fourth-order valence-corrected chi connectivity index (χ4v) is 3.73. The van der Waals surface area contributed by atoms with Gasteiger partial charge in [-0.25, -0.2) is 4.79 Å². The van der Waals surface area contributed by atoms with E-state index in [0.717, 1.165) is 30.5 Å². The Morgan fingerprint density at radius 3 is 2.54 bits per heavy atom. The number of rotatable bonds is 3. The molecule has 144 valence electrons. The van der Waals surface area contributed by atoms with Crippen LogP contribution in [0.3, 0.4) is 0 Å². The summed E-state index contributed by atoms with van der Waals surface area (Å²) in [5, 5.41) is 23.2. The molecule has 3 rings (SSSR count). The molecule has 1 aliphatic heterocycles. The molecule has 1 aromatic rings. The molecule has 2 heterocycles. The third kappa shape index (κ3) is 3.78. The van der Waals surface area contributed by atoms with Crippen molar-refractivity contribution >= 4 is 12.2 Å². The summed E-state index contributed by atoms with van der Waals surface area (Å²) in [5.74, 6) is 0. The zero-order chi connectivity index (χ0) is 18.9. The number of carbonyl (C=O) groups excluding carboxylic acids is 1. The summed E-state index contributed by atoms with van der Waals surface area (Å²) < 4.78 is 7.17. The van der Waals surface area contributed by atoms with E-state index >= 15 is 0 Å². The highest BCUT2D eigenvalue weighted by molar-refractivity contribution is 5.68. The van der Waals surface area contributed by atoms with Crippen LogP contribution in [0.25, 0.3) is 6.08 Å². The molecule has 1 saturated heterocycles. The zero-order valence-corrected chi connectivity index (χ0v) is 15.8. The Bertz CT molecular complexity index is 677. The van der Waals surface area contributed by atoms with Gasteiger partial charge in [0.05, 0.1) is 31.1 Å². The van der Waals surface area contributed by atoms with E-state index in [1.807, 2.05) is 33.0 Å². The maximum absolute atomic E-state index is 12.3. The molecule has 7 nitrogen and oxygen atoms in total. The quantitative estimate of drug-likeness (QED) is 0.858. The summed E-state index contributed by atoms with van der Waals surface area (Å²) >= 11 is 0. The molecule has 0 unspecified atom stereocenters. The van der Waals surface area contributed by atoms with Crippen molar-refractivity contribution in [2.75, 3.05) is 26.3 Å². The molecule has 26 heavy (non-hydrogen) atoms. The van der Waals surface area contributed by atoms with Gasteiger partial charge in [-0.15, -0.1) is 0 Å². The van der Waals surface area contributed by atoms with Crippen LogP contribution in [0.5, 0.6) is 0 Å². The van der Waals surface area contributed by atoms with Gasteiger partial charge in [0.25, 0.3) is 0 Å². The van der Waals surface area contributed by atoms with Gasteiger partial charge in [0.1, 0.15) is 5.60 Å². The molecule has 1 amide bonds. The van der Waals surface area contributed by atoms with Crippen LogP contribution in [-0.2, 0) is 11.2 Å². The van der Waals surface area contributed by atoms with E-state index in [0.29, 0.717) is 13.1 Å². The fourth-order valence-electron chi connectivity index (χ4n) is 3.73. The normalized spacial score (nSPS) is 19.1. The lowest BCUT2D eigenvalue weighted by atomic mass is 9.71. The highest BCUT2D eigenvalue weighted by Gasteiger charge is 2.38. The number of nitrogens with zero attached hydrogens (tertiary/aromatic N) is 3. The van der Waals surface area contributed by atoms with Gasteiger partial charge >= 0.3 is 6.09 Å². The minimum atomic E-state index is -0.476. The van der Waals surface area contributed by atoms with Gasteiger partial charge in [0, 0.05) is 13.1 Å². The Morgan fingerprint density at radius 1 is 1.31 bits per heavy atom. The van der Waals surface area contributed by atoms with Crippen molar-refractivity contribution in [3.8, 4) is 0 Å². The first-order valence-electron chi connectivity index (χ1n) is 9.22. The second-order valence-corrected chi connectivity index (χ2v) is 8.36. The topological polar surface area (TPSA) is 87.8 Å². The van der Waals surface area contributed by atoms with Crippen LogP contribution in [0.4, 0.5) is 4.79 Å².